The molecule has 12 heavy (non-hydrogen) atoms. The maximum absolute atomic E-state index is 10.3. The molecule has 1 heterocycles. The number of alkyl halides is 1. The van der Waals surface area contributed by atoms with Crippen LogP contribution in [0.25, 0.3) is 0 Å². The van der Waals surface area contributed by atoms with Crippen LogP contribution in [-0.2, 0) is 7.05 Å². The maximum atomic E-state index is 10.3. The molecule has 5 nitrogen and oxygen atoms in total. The van der Waals surface area contributed by atoms with E-state index in [2.05, 4.69) is 4.98 Å². The Hall–Kier alpha value is -1.10. The third-order valence-electron chi connectivity index (χ3n) is 1.57. The number of hydrogen-bond donors (Lipinski definition) is 0. The summed E-state index contributed by atoms with van der Waals surface area (Å²) in [5.41, 5.74) is 0.642. The molecule has 0 aliphatic carbocycles. The Balaban J connectivity index is 3.13. The van der Waals surface area contributed by atoms with E-state index in [1.165, 1.54) is 10.8 Å². The fraction of sp³-hybridized carbons (Fsp3) is 0.500. The highest BCUT2D eigenvalue weighted by molar-refractivity contribution is 6.20. The van der Waals surface area contributed by atoms with Crippen molar-refractivity contribution in [1.82, 2.24) is 9.55 Å². The molecule has 0 saturated heterocycles. The molecule has 0 spiro atoms. The van der Waals surface area contributed by atoms with Crippen LogP contribution in [-0.4, -0.2) is 14.5 Å². The van der Waals surface area contributed by atoms with Gasteiger partial charge in [-0.3, -0.25) is 0 Å². The standard InChI is InChI=1S/C6H8ClN3O2/c1-4(7)5-3-8-6(9(5)2)10(11)12/h3-4H,1-2H3. The topological polar surface area (TPSA) is 61.0 Å². The van der Waals surface area contributed by atoms with E-state index in [4.69, 9.17) is 11.6 Å². The second-order valence-electron chi connectivity index (χ2n) is 2.42. The highest BCUT2D eigenvalue weighted by Crippen LogP contribution is 2.21. The van der Waals surface area contributed by atoms with Crippen molar-refractivity contribution in [2.45, 2.75) is 12.3 Å². The molecule has 0 aromatic carbocycles. The maximum Gasteiger partial charge on any atom is 0.434 e. The molecule has 1 aromatic rings. The van der Waals surface area contributed by atoms with E-state index in [1.54, 1.807) is 14.0 Å². The van der Waals surface area contributed by atoms with Crippen molar-refractivity contribution in [3.63, 3.8) is 0 Å². The first-order chi connectivity index (χ1) is 5.54. The zero-order valence-corrected chi connectivity index (χ0v) is 7.45. The van der Waals surface area contributed by atoms with Gasteiger partial charge in [-0.2, -0.15) is 0 Å². The lowest BCUT2D eigenvalue weighted by Crippen LogP contribution is -2.01. The number of aromatic nitrogens is 2. The zero-order valence-electron chi connectivity index (χ0n) is 6.69. The SMILES string of the molecule is CC(Cl)c1cnc([N+](=O)[O-])n1C. The molecule has 0 saturated carbocycles. The molecule has 1 unspecified atom stereocenters. The van der Waals surface area contributed by atoms with Crippen LogP contribution in [0, 0.1) is 10.1 Å². The Kier molecular flexibility index (Phi) is 2.32. The minimum Gasteiger partial charge on any atom is -0.390 e. The van der Waals surface area contributed by atoms with Gasteiger partial charge in [0.05, 0.1) is 12.4 Å². The second-order valence-corrected chi connectivity index (χ2v) is 3.07. The van der Waals surface area contributed by atoms with Gasteiger partial charge >= 0.3 is 5.95 Å². The van der Waals surface area contributed by atoms with Gasteiger partial charge in [0, 0.05) is 0 Å². The van der Waals surface area contributed by atoms with Crippen LogP contribution in [0.3, 0.4) is 0 Å². The third-order valence-corrected chi connectivity index (χ3v) is 1.79. The number of nitro groups is 1. The van der Waals surface area contributed by atoms with Gasteiger partial charge in [0.2, 0.25) is 0 Å². The lowest BCUT2D eigenvalue weighted by Gasteiger charge is -1.99. The molecule has 0 fully saturated rings. The second kappa shape index (κ2) is 3.10. The molecule has 0 aliphatic heterocycles. The molecule has 0 amide bonds. The van der Waals surface area contributed by atoms with Crippen molar-refractivity contribution in [3.8, 4) is 0 Å². The molecule has 66 valence electrons. The Morgan fingerprint density at radius 1 is 1.83 bits per heavy atom. The van der Waals surface area contributed by atoms with Gasteiger partial charge in [0.1, 0.15) is 11.9 Å². The van der Waals surface area contributed by atoms with Crippen molar-refractivity contribution < 1.29 is 4.92 Å². The molecule has 0 aliphatic rings. The highest BCUT2D eigenvalue weighted by atomic mass is 35.5. The number of rotatable bonds is 2. The van der Waals surface area contributed by atoms with E-state index in [0.717, 1.165) is 0 Å². The monoisotopic (exact) mass is 189 g/mol. The zero-order chi connectivity index (χ0) is 9.30. The van der Waals surface area contributed by atoms with Gasteiger partial charge < -0.3 is 10.1 Å². The summed E-state index contributed by atoms with van der Waals surface area (Å²) in [6.45, 7) is 1.74. The Labute approximate surface area is 74.1 Å². The normalized spacial score (nSPS) is 12.9. The largest absolute Gasteiger partial charge is 0.434 e. The van der Waals surface area contributed by atoms with Crippen molar-refractivity contribution in [3.05, 3.63) is 22.0 Å². The van der Waals surface area contributed by atoms with Crippen molar-refractivity contribution in [2.75, 3.05) is 0 Å². The summed E-state index contributed by atoms with van der Waals surface area (Å²) in [5, 5.41) is 10.1. The predicted molar refractivity (Wildman–Crippen MR) is 44.1 cm³/mol. The van der Waals surface area contributed by atoms with Crippen LogP contribution >= 0.6 is 11.6 Å². The van der Waals surface area contributed by atoms with Crippen LogP contribution in [0.1, 0.15) is 18.0 Å². The Morgan fingerprint density at radius 3 is 2.67 bits per heavy atom. The van der Waals surface area contributed by atoms with Crippen molar-refractivity contribution in [1.29, 1.82) is 0 Å². The Morgan fingerprint density at radius 2 is 2.42 bits per heavy atom. The van der Waals surface area contributed by atoms with E-state index in [9.17, 15) is 10.1 Å². The van der Waals surface area contributed by atoms with Gasteiger partial charge in [0.15, 0.2) is 0 Å². The lowest BCUT2D eigenvalue weighted by atomic mass is 10.3. The van der Waals surface area contributed by atoms with E-state index >= 15 is 0 Å². The highest BCUT2D eigenvalue weighted by Gasteiger charge is 2.19. The minimum atomic E-state index is -0.539. The fourth-order valence-corrected chi connectivity index (χ4v) is 1.15. The van der Waals surface area contributed by atoms with E-state index < -0.39 is 4.92 Å². The van der Waals surface area contributed by atoms with E-state index in [0.29, 0.717) is 5.69 Å². The van der Waals surface area contributed by atoms with Gasteiger partial charge in [-0.25, -0.2) is 4.57 Å². The minimum absolute atomic E-state index is 0.183. The summed E-state index contributed by atoms with van der Waals surface area (Å²) in [6, 6.07) is 0. The third kappa shape index (κ3) is 1.40. The number of nitrogens with zero attached hydrogens (tertiary/aromatic N) is 3. The summed E-state index contributed by atoms with van der Waals surface area (Å²) in [4.78, 5) is 13.4. The van der Waals surface area contributed by atoms with Crippen LogP contribution in [0.15, 0.2) is 6.20 Å². The van der Waals surface area contributed by atoms with Crippen LogP contribution in [0.5, 0.6) is 0 Å². The molecule has 0 radical (unpaired) electrons. The first kappa shape index (κ1) is 8.99. The molecular formula is C6H8ClN3O2. The van der Waals surface area contributed by atoms with Crippen molar-refractivity contribution in [2.24, 2.45) is 7.05 Å². The lowest BCUT2D eigenvalue weighted by molar-refractivity contribution is -0.396. The van der Waals surface area contributed by atoms with Gasteiger partial charge in [-0.05, 0) is 11.8 Å². The smallest absolute Gasteiger partial charge is 0.390 e. The summed E-state index contributed by atoms with van der Waals surface area (Å²) in [5.74, 6) is -0.183. The molecular weight excluding hydrogens is 182 g/mol. The molecule has 0 bridgehead atoms. The molecule has 1 atom stereocenters. The molecule has 0 N–H and O–H groups in total. The number of imidazole rings is 1. The fourth-order valence-electron chi connectivity index (χ4n) is 0.952. The molecule has 6 heteroatoms. The van der Waals surface area contributed by atoms with Gasteiger partial charge in [0.25, 0.3) is 0 Å². The quantitative estimate of drug-likeness (QED) is 0.404. The first-order valence-corrected chi connectivity index (χ1v) is 3.77. The van der Waals surface area contributed by atoms with Crippen LogP contribution in [0.2, 0.25) is 0 Å². The van der Waals surface area contributed by atoms with E-state index in [-0.39, 0.29) is 11.3 Å². The van der Waals surface area contributed by atoms with Gasteiger partial charge in [-0.15, -0.1) is 11.6 Å². The average molecular weight is 190 g/mol. The van der Waals surface area contributed by atoms with Crippen LogP contribution in [0.4, 0.5) is 5.95 Å². The Bertz CT molecular complexity index is 308. The van der Waals surface area contributed by atoms with E-state index in [1.807, 2.05) is 0 Å². The number of hydrogen-bond acceptors (Lipinski definition) is 3. The molecule has 1 aromatic heterocycles. The van der Waals surface area contributed by atoms with Crippen molar-refractivity contribution >= 4 is 17.5 Å². The summed E-state index contributed by atoms with van der Waals surface area (Å²) in [6.07, 6.45) is 1.41. The summed E-state index contributed by atoms with van der Waals surface area (Å²) in [7, 11) is 1.57. The first-order valence-electron chi connectivity index (χ1n) is 3.34. The molecule has 1 rings (SSSR count). The van der Waals surface area contributed by atoms with Crippen LogP contribution < -0.4 is 0 Å². The average Bonchev–Trinajstić information content (AvgIpc) is 2.30. The van der Waals surface area contributed by atoms with Gasteiger partial charge in [-0.1, -0.05) is 4.98 Å². The summed E-state index contributed by atoms with van der Waals surface area (Å²) < 4.78 is 1.37. The predicted octanol–water partition coefficient (Wildman–Crippen LogP) is 1.63. The summed E-state index contributed by atoms with van der Waals surface area (Å²) >= 11 is 5.74. The number of halogens is 1.